The zero-order chi connectivity index (χ0) is 34.6. The Morgan fingerprint density at radius 2 is 1.80 bits per heavy atom. The predicted octanol–water partition coefficient (Wildman–Crippen LogP) is 6.51. The molecule has 2 heterocycles. The summed E-state index contributed by atoms with van der Waals surface area (Å²) in [5.41, 5.74) is 7.55. The summed E-state index contributed by atoms with van der Waals surface area (Å²) < 4.78 is 18.6. The highest BCUT2D eigenvalue weighted by Gasteiger charge is 2.18. The van der Waals surface area contributed by atoms with Crippen molar-refractivity contribution >= 4 is 36.2 Å². The number of anilines is 1. The van der Waals surface area contributed by atoms with Crippen LogP contribution in [0.2, 0.25) is 0 Å². The van der Waals surface area contributed by atoms with E-state index in [2.05, 4.69) is 37.0 Å². The summed E-state index contributed by atoms with van der Waals surface area (Å²) in [4.78, 5) is 41.7. The molecule has 0 saturated carbocycles. The monoisotopic (exact) mass is 628 g/mol. The van der Waals surface area contributed by atoms with E-state index in [4.69, 9.17) is 20.2 Å². The van der Waals surface area contributed by atoms with Gasteiger partial charge in [0.1, 0.15) is 18.4 Å². The lowest BCUT2D eigenvalue weighted by Gasteiger charge is -2.11. The number of carboxylic acid groups (broad SMARTS) is 1. The number of hydrogen-bond donors (Lipinski definition) is 3. The number of nitrogens with zero attached hydrogens (tertiary/aromatic N) is 2. The number of nitrogen functional groups attached to an aromatic ring is 1. The Kier molecular flexibility index (Phi) is 25.4. The number of rotatable bonds is 8. The largest absolute Gasteiger partial charge is 0.476 e. The van der Waals surface area contributed by atoms with Gasteiger partial charge in [-0.1, -0.05) is 62.4 Å². The molecule has 1 aromatic carbocycles. The van der Waals surface area contributed by atoms with Crippen molar-refractivity contribution in [1.82, 2.24) is 15.4 Å². The molecule has 1 aliphatic heterocycles. The first kappa shape index (κ1) is 42.5. The van der Waals surface area contributed by atoms with Crippen molar-refractivity contribution in [2.75, 3.05) is 31.9 Å². The Labute approximate surface area is 266 Å². The van der Waals surface area contributed by atoms with E-state index >= 15 is 0 Å². The summed E-state index contributed by atoms with van der Waals surface area (Å²) in [6, 6.07) is 3.86. The number of nitrogens with two attached hydrogens (primary N) is 1. The van der Waals surface area contributed by atoms with Crippen LogP contribution in [-0.4, -0.2) is 66.3 Å². The van der Waals surface area contributed by atoms with Crippen LogP contribution in [0, 0.1) is 5.82 Å². The summed E-state index contributed by atoms with van der Waals surface area (Å²) in [5, 5.41) is 15.4. The predicted molar refractivity (Wildman–Crippen MR) is 179 cm³/mol. The number of nitrogens with one attached hydrogen (secondary N) is 1. The summed E-state index contributed by atoms with van der Waals surface area (Å²) in [5.74, 6) is -1.54. The van der Waals surface area contributed by atoms with Gasteiger partial charge in [0.15, 0.2) is 11.5 Å². The molecule has 1 amide bonds. The van der Waals surface area contributed by atoms with Gasteiger partial charge in [-0.25, -0.2) is 9.18 Å². The third kappa shape index (κ3) is 19.3. The van der Waals surface area contributed by atoms with Gasteiger partial charge in [0.05, 0.1) is 5.69 Å². The molecule has 1 saturated heterocycles. The van der Waals surface area contributed by atoms with Crippen molar-refractivity contribution in [3.8, 4) is 11.3 Å². The highest BCUT2D eigenvalue weighted by atomic mass is 19.1. The zero-order valence-electron chi connectivity index (χ0n) is 27.3. The summed E-state index contributed by atoms with van der Waals surface area (Å²) in [7, 11) is 0. The lowest BCUT2D eigenvalue weighted by molar-refractivity contribution is -0.118. The van der Waals surface area contributed by atoms with Crippen LogP contribution < -0.4 is 11.1 Å². The number of aromatic nitrogens is 1. The second-order valence-corrected chi connectivity index (χ2v) is 9.49. The Bertz CT molecular complexity index is 1260. The number of aromatic carboxylic acids is 1. The van der Waals surface area contributed by atoms with Gasteiger partial charge >= 0.3 is 5.97 Å². The number of allylic oxidation sites excluding steroid dienone is 7. The van der Waals surface area contributed by atoms with Crippen LogP contribution in [0.3, 0.4) is 0 Å². The minimum Gasteiger partial charge on any atom is -0.476 e. The van der Waals surface area contributed by atoms with Crippen LogP contribution in [0.25, 0.3) is 16.9 Å². The Morgan fingerprint density at radius 3 is 2.31 bits per heavy atom. The molecule has 4 N–H and O–H groups in total. The average molecular weight is 629 g/mol. The van der Waals surface area contributed by atoms with Gasteiger partial charge in [0.25, 0.3) is 0 Å². The van der Waals surface area contributed by atoms with Crippen molar-refractivity contribution in [2.24, 2.45) is 0 Å². The van der Waals surface area contributed by atoms with Crippen LogP contribution in [0.15, 0.2) is 65.3 Å². The van der Waals surface area contributed by atoms with Gasteiger partial charge in [-0.05, 0) is 70.4 Å². The molecular formula is C34H49FN4O6. The zero-order valence-corrected chi connectivity index (χ0v) is 27.3. The first-order valence-corrected chi connectivity index (χ1v) is 14.6. The summed E-state index contributed by atoms with van der Waals surface area (Å²) >= 11 is 0. The fourth-order valence-corrected chi connectivity index (χ4v) is 3.27. The van der Waals surface area contributed by atoms with E-state index in [9.17, 15) is 18.8 Å². The first-order valence-electron chi connectivity index (χ1n) is 14.6. The van der Waals surface area contributed by atoms with E-state index in [1.54, 1.807) is 24.8 Å². The third-order valence-corrected chi connectivity index (χ3v) is 5.33. The third-order valence-electron chi connectivity index (χ3n) is 5.33. The van der Waals surface area contributed by atoms with E-state index in [0.29, 0.717) is 11.1 Å². The standard InChI is InChI=1S/C13H11FN2O3.C10H14O.C6H12N2O.C3H8.C2H4O/c1-6(2)11-8(14)4-3-7(12(11)15)10-5-9(13(17)18)16-19-10;1-3-4-5-6-7-8-10(2)9-11;9-6-8-4-1-2-7-3-5-8;1-3-2;1-2-3/h3-5H,1,15H2,2H3,(H,17,18);3-4,6-9H,5H2,1-2H3;6-7H,1-5H2;3H2,1-2H3;2H,1H3/b;4-3-,7-6-,10-8+;;;. The number of carbonyl (C=O) groups is 4. The van der Waals surface area contributed by atoms with E-state index in [0.717, 1.165) is 63.6 Å². The maximum Gasteiger partial charge on any atom is 0.358 e. The number of carbonyl (C=O) groups excluding carboxylic acids is 3. The fraction of sp³-hybridized carbons (Fsp3) is 0.382. The van der Waals surface area contributed by atoms with Crippen LogP contribution >= 0.6 is 0 Å². The molecule has 1 aromatic heterocycles. The molecule has 11 heteroatoms. The van der Waals surface area contributed by atoms with Crippen LogP contribution in [-0.2, 0) is 14.4 Å². The number of benzene rings is 1. The number of carboxylic acids is 1. The molecular weight excluding hydrogens is 579 g/mol. The minimum absolute atomic E-state index is 0.139. The second-order valence-electron chi connectivity index (χ2n) is 9.49. The maximum absolute atomic E-state index is 13.6. The van der Waals surface area contributed by atoms with E-state index < -0.39 is 11.8 Å². The molecule has 0 spiro atoms. The molecule has 2 aromatic rings. The molecule has 45 heavy (non-hydrogen) atoms. The molecule has 3 rings (SSSR count). The van der Waals surface area contributed by atoms with Crippen molar-refractivity contribution < 1.29 is 33.2 Å². The molecule has 248 valence electrons. The van der Waals surface area contributed by atoms with Gasteiger partial charge in [0, 0.05) is 36.8 Å². The van der Waals surface area contributed by atoms with Crippen LogP contribution in [0.4, 0.5) is 10.1 Å². The van der Waals surface area contributed by atoms with E-state index in [1.165, 1.54) is 31.5 Å². The Balaban J connectivity index is 0. The highest BCUT2D eigenvalue weighted by Crippen LogP contribution is 2.33. The Morgan fingerprint density at radius 1 is 1.16 bits per heavy atom. The van der Waals surface area contributed by atoms with Crippen molar-refractivity contribution in [3.05, 3.63) is 77.8 Å². The molecule has 1 fully saturated rings. The number of amides is 1. The number of aldehydes is 2. The van der Waals surface area contributed by atoms with E-state index in [-0.39, 0.29) is 22.7 Å². The molecule has 10 nitrogen and oxygen atoms in total. The lowest BCUT2D eigenvalue weighted by atomic mass is 10.00. The van der Waals surface area contributed by atoms with Crippen LogP contribution in [0.1, 0.15) is 76.9 Å². The van der Waals surface area contributed by atoms with Gasteiger partial charge in [0.2, 0.25) is 6.41 Å². The molecule has 0 bridgehead atoms. The summed E-state index contributed by atoms with van der Waals surface area (Å²) in [6.45, 7) is 18.5. The number of halogens is 1. The van der Waals surface area contributed by atoms with Gasteiger partial charge < -0.3 is 30.4 Å². The molecule has 0 aliphatic carbocycles. The Hall–Kier alpha value is -4.64. The van der Waals surface area contributed by atoms with Gasteiger partial charge in [-0.2, -0.15) is 0 Å². The molecule has 0 atom stereocenters. The highest BCUT2D eigenvalue weighted by molar-refractivity contribution is 5.89. The summed E-state index contributed by atoms with van der Waals surface area (Å²) in [6.07, 6.45) is 15.5. The second kappa shape index (κ2) is 26.9. The lowest BCUT2D eigenvalue weighted by Crippen LogP contribution is -2.26. The van der Waals surface area contributed by atoms with Crippen molar-refractivity contribution in [3.63, 3.8) is 0 Å². The van der Waals surface area contributed by atoms with Crippen molar-refractivity contribution in [1.29, 1.82) is 0 Å². The quantitative estimate of drug-likeness (QED) is 0.0975. The maximum atomic E-state index is 13.6. The van der Waals surface area contributed by atoms with Crippen LogP contribution in [0.5, 0.6) is 0 Å². The van der Waals surface area contributed by atoms with Gasteiger partial charge in [-0.3, -0.25) is 9.59 Å². The molecule has 0 unspecified atom stereocenters. The van der Waals surface area contributed by atoms with Gasteiger partial charge in [-0.15, -0.1) is 0 Å². The number of hydrogen-bond acceptors (Lipinski definition) is 8. The first-order chi connectivity index (χ1) is 21.5. The normalized spacial score (nSPS) is 12.5. The average Bonchev–Trinajstić information content (AvgIpc) is 3.34. The van der Waals surface area contributed by atoms with Crippen molar-refractivity contribution in [2.45, 2.75) is 60.8 Å². The topological polar surface area (TPSA) is 156 Å². The van der Waals surface area contributed by atoms with E-state index in [1.807, 2.05) is 25.2 Å². The fourth-order valence-electron chi connectivity index (χ4n) is 3.27. The minimum atomic E-state index is -1.21. The SMILES string of the molecule is C/C=C\C/C=C\C=C(/C)C=O.C=C(C)c1c(F)ccc(-c2cc(C(=O)O)no2)c1N.CC=O.CCC.O=CN1CCCNCC1. The smallest absolute Gasteiger partial charge is 0.358 e. The molecule has 1 aliphatic rings. The molecule has 0 radical (unpaired) electrons.